The molecule has 11 heavy (non-hydrogen) atoms. The van der Waals surface area contributed by atoms with Crippen molar-refractivity contribution in [2.45, 2.75) is 19.9 Å². The second-order valence-electron chi connectivity index (χ2n) is 2.48. The third-order valence-electron chi connectivity index (χ3n) is 1.74. The van der Waals surface area contributed by atoms with E-state index >= 15 is 0 Å². The Morgan fingerprint density at radius 1 is 1.45 bits per heavy atom. The van der Waals surface area contributed by atoms with Gasteiger partial charge in [0.1, 0.15) is 0 Å². The molecule has 1 nitrogen and oxygen atoms in total. The molecule has 0 fully saturated rings. The van der Waals surface area contributed by atoms with E-state index in [9.17, 15) is 0 Å². The maximum atomic E-state index is 5.54. The third kappa shape index (κ3) is 2.04. The van der Waals surface area contributed by atoms with Crippen LogP contribution < -0.4 is 5.73 Å². The number of nitrogens with two attached hydrogens (primary N) is 1. The minimum absolute atomic E-state index is 0.606. The van der Waals surface area contributed by atoms with E-state index < -0.39 is 0 Å². The predicted octanol–water partition coefficient (Wildman–Crippen LogP) is 2.47. The summed E-state index contributed by atoms with van der Waals surface area (Å²) < 4.78 is 1.11. The first-order chi connectivity index (χ1) is 5.27. The molecule has 0 radical (unpaired) electrons. The van der Waals surface area contributed by atoms with Crippen LogP contribution in [0.4, 0.5) is 0 Å². The first-order valence-corrected chi connectivity index (χ1v) is 4.54. The van der Waals surface area contributed by atoms with E-state index in [-0.39, 0.29) is 0 Å². The highest BCUT2D eigenvalue weighted by molar-refractivity contribution is 9.10. The van der Waals surface area contributed by atoms with Gasteiger partial charge in [-0.1, -0.05) is 35.0 Å². The lowest BCUT2D eigenvalue weighted by Crippen LogP contribution is -1.98. The fraction of sp³-hybridized carbons (Fsp3) is 0.333. The van der Waals surface area contributed by atoms with Crippen molar-refractivity contribution in [2.75, 3.05) is 0 Å². The summed E-state index contributed by atoms with van der Waals surface area (Å²) >= 11 is 3.44. The van der Waals surface area contributed by atoms with Crippen LogP contribution in [0, 0.1) is 0 Å². The van der Waals surface area contributed by atoms with Crippen LogP contribution in [-0.2, 0) is 13.0 Å². The zero-order valence-electron chi connectivity index (χ0n) is 6.60. The van der Waals surface area contributed by atoms with Gasteiger partial charge in [0.05, 0.1) is 0 Å². The maximum Gasteiger partial charge on any atom is 0.0220 e. The van der Waals surface area contributed by atoms with Gasteiger partial charge in [-0.2, -0.15) is 0 Å². The molecule has 0 aliphatic heterocycles. The molecule has 1 aromatic rings. The lowest BCUT2D eigenvalue weighted by Gasteiger charge is -2.02. The Bertz CT molecular complexity index is 245. The molecule has 0 saturated carbocycles. The molecule has 0 amide bonds. The first-order valence-electron chi connectivity index (χ1n) is 3.75. The molecule has 1 rings (SSSR count). The Hall–Kier alpha value is -0.340. The second kappa shape index (κ2) is 3.88. The molecule has 0 bridgehead atoms. The van der Waals surface area contributed by atoms with Gasteiger partial charge >= 0.3 is 0 Å². The molecule has 0 aliphatic carbocycles. The fourth-order valence-electron chi connectivity index (χ4n) is 1.00. The van der Waals surface area contributed by atoms with Gasteiger partial charge in [-0.05, 0) is 23.6 Å². The van der Waals surface area contributed by atoms with E-state index in [0.717, 1.165) is 10.9 Å². The molecule has 0 saturated heterocycles. The lowest BCUT2D eigenvalue weighted by molar-refractivity contribution is 1.04. The van der Waals surface area contributed by atoms with Crippen LogP contribution in [0.15, 0.2) is 22.7 Å². The molecule has 0 unspecified atom stereocenters. The largest absolute Gasteiger partial charge is 0.326 e. The number of hydrogen-bond acceptors (Lipinski definition) is 1. The minimum atomic E-state index is 0.606. The summed E-state index contributed by atoms with van der Waals surface area (Å²) in [5.41, 5.74) is 8.07. The second-order valence-corrected chi connectivity index (χ2v) is 3.34. The van der Waals surface area contributed by atoms with E-state index in [1.54, 1.807) is 0 Å². The summed E-state index contributed by atoms with van der Waals surface area (Å²) in [6, 6.07) is 6.31. The fourth-order valence-corrected chi connectivity index (χ4v) is 1.41. The standard InChI is InChI=1S/C9H12BrN/c1-2-7-3-4-9(10)8(5-7)6-11/h3-5H,2,6,11H2,1H3. The monoisotopic (exact) mass is 213 g/mol. The van der Waals surface area contributed by atoms with Gasteiger partial charge in [-0.3, -0.25) is 0 Å². The van der Waals surface area contributed by atoms with Gasteiger partial charge in [-0.15, -0.1) is 0 Å². The highest BCUT2D eigenvalue weighted by atomic mass is 79.9. The summed E-state index contributed by atoms with van der Waals surface area (Å²) in [6.45, 7) is 2.75. The van der Waals surface area contributed by atoms with Gasteiger partial charge in [0, 0.05) is 11.0 Å². The van der Waals surface area contributed by atoms with E-state index in [2.05, 4.69) is 41.1 Å². The molecule has 60 valence electrons. The van der Waals surface area contributed by atoms with Crippen molar-refractivity contribution in [3.8, 4) is 0 Å². The number of hydrogen-bond donors (Lipinski definition) is 1. The molecule has 0 atom stereocenters. The summed E-state index contributed by atoms with van der Waals surface area (Å²) in [6.07, 6.45) is 1.07. The third-order valence-corrected chi connectivity index (χ3v) is 2.51. The van der Waals surface area contributed by atoms with Crippen molar-refractivity contribution >= 4 is 15.9 Å². The van der Waals surface area contributed by atoms with Crippen molar-refractivity contribution in [3.05, 3.63) is 33.8 Å². The Morgan fingerprint density at radius 3 is 2.73 bits per heavy atom. The molecule has 0 aliphatic rings. The van der Waals surface area contributed by atoms with Gasteiger partial charge < -0.3 is 5.73 Å². The molecule has 2 N–H and O–H groups in total. The van der Waals surface area contributed by atoms with Crippen molar-refractivity contribution < 1.29 is 0 Å². The average Bonchev–Trinajstić information content (AvgIpc) is 2.05. The van der Waals surface area contributed by atoms with Crippen LogP contribution in [0.1, 0.15) is 18.1 Å². The van der Waals surface area contributed by atoms with Crippen molar-refractivity contribution in [3.63, 3.8) is 0 Å². The molecule has 2 heteroatoms. The van der Waals surface area contributed by atoms with Crippen LogP contribution in [0.25, 0.3) is 0 Å². The molecule has 0 spiro atoms. The number of aryl methyl sites for hydroxylation is 1. The highest BCUT2D eigenvalue weighted by Crippen LogP contribution is 2.17. The molecule has 0 heterocycles. The molecule has 1 aromatic carbocycles. The maximum absolute atomic E-state index is 5.54. The Balaban J connectivity index is 3.02. The Labute approximate surface area is 75.7 Å². The SMILES string of the molecule is CCc1ccc(Br)c(CN)c1. The van der Waals surface area contributed by atoms with Crippen LogP contribution >= 0.6 is 15.9 Å². The van der Waals surface area contributed by atoms with Crippen LogP contribution in [0.2, 0.25) is 0 Å². The summed E-state index contributed by atoms with van der Waals surface area (Å²) in [4.78, 5) is 0. The van der Waals surface area contributed by atoms with Gasteiger partial charge in [0.25, 0.3) is 0 Å². The summed E-state index contributed by atoms with van der Waals surface area (Å²) in [7, 11) is 0. The van der Waals surface area contributed by atoms with Crippen LogP contribution in [-0.4, -0.2) is 0 Å². The van der Waals surface area contributed by atoms with Gasteiger partial charge in [0.15, 0.2) is 0 Å². The number of rotatable bonds is 2. The summed E-state index contributed by atoms with van der Waals surface area (Å²) in [5.74, 6) is 0. The topological polar surface area (TPSA) is 26.0 Å². The Kier molecular flexibility index (Phi) is 3.09. The molecular weight excluding hydrogens is 202 g/mol. The zero-order valence-corrected chi connectivity index (χ0v) is 8.19. The normalized spacial score (nSPS) is 10.1. The zero-order chi connectivity index (χ0) is 8.27. The lowest BCUT2D eigenvalue weighted by atomic mass is 10.1. The number of halogens is 1. The average molecular weight is 214 g/mol. The first kappa shape index (κ1) is 8.75. The van der Waals surface area contributed by atoms with Crippen LogP contribution in [0.5, 0.6) is 0 Å². The van der Waals surface area contributed by atoms with E-state index in [0.29, 0.717) is 6.54 Å². The van der Waals surface area contributed by atoms with E-state index in [4.69, 9.17) is 5.73 Å². The molecule has 0 aromatic heterocycles. The van der Waals surface area contributed by atoms with E-state index in [1.807, 2.05) is 0 Å². The molecular formula is C9H12BrN. The minimum Gasteiger partial charge on any atom is -0.326 e. The Morgan fingerprint density at radius 2 is 2.18 bits per heavy atom. The van der Waals surface area contributed by atoms with Crippen LogP contribution in [0.3, 0.4) is 0 Å². The van der Waals surface area contributed by atoms with Crippen molar-refractivity contribution in [2.24, 2.45) is 5.73 Å². The summed E-state index contributed by atoms with van der Waals surface area (Å²) in [5, 5.41) is 0. The number of benzene rings is 1. The van der Waals surface area contributed by atoms with Crippen molar-refractivity contribution in [1.82, 2.24) is 0 Å². The van der Waals surface area contributed by atoms with E-state index in [1.165, 1.54) is 11.1 Å². The highest BCUT2D eigenvalue weighted by Gasteiger charge is 1.97. The quantitative estimate of drug-likeness (QED) is 0.803. The smallest absolute Gasteiger partial charge is 0.0220 e. The van der Waals surface area contributed by atoms with Crippen molar-refractivity contribution in [1.29, 1.82) is 0 Å². The predicted molar refractivity (Wildman–Crippen MR) is 51.4 cm³/mol. The van der Waals surface area contributed by atoms with Gasteiger partial charge in [0.2, 0.25) is 0 Å². The van der Waals surface area contributed by atoms with Gasteiger partial charge in [-0.25, -0.2) is 0 Å².